The molecular formula is C17H12Cl2F3N3O2. The van der Waals surface area contributed by atoms with Crippen LogP contribution in [0.15, 0.2) is 42.5 Å². The largest absolute Gasteiger partial charge is 0.417 e. The molecule has 5 nitrogen and oxygen atoms in total. The number of benzene rings is 2. The molecule has 0 saturated carbocycles. The summed E-state index contributed by atoms with van der Waals surface area (Å²) in [5.74, 6) is -0.766. The zero-order valence-corrected chi connectivity index (χ0v) is 15.0. The molecule has 0 bridgehead atoms. The summed E-state index contributed by atoms with van der Waals surface area (Å²) in [5.41, 5.74) is -3.10. The van der Waals surface area contributed by atoms with Gasteiger partial charge in [0.25, 0.3) is 5.91 Å². The van der Waals surface area contributed by atoms with Gasteiger partial charge in [0, 0.05) is 26.9 Å². The first kappa shape index (κ1) is 19.3. The first-order valence-corrected chi connectivity index (χ1v) is 8.38. The number of fused-ring (bicyclic) bond motifs is 1. The highest BCUT2D eigenvalue weighted by Gasteiger charge is 2.59. The van der Waals surface area contributed by atoms with E-state index in [2.05, 4.69) is 10.6 Å². The van der Waals surface area contributed by atoms with E-state index < -0.39 is 30.2 Å². The molecule has 0 fully saturated rings. The smallest absolute Gasteiger partial charge is 0.349 e. The summed E-state index contributed by atoms with van der Waals surface area (Å²) < 4.78 is 42.1. The quantitative estimate of drug-likeness (QED) is 0.695. The summed E-state index contributed by atoms with van der Waals surface area (Å²) in [4.78, 5) is 24.1. The molecule has 0 spiro atoms. The number of carbonyl (C=O) groups is 2. The van der Waals surface area contributed by atoms with Crippen LogP contribution in [0.4, 0.5) is 23.7 Å². The van der Waals surface area contributed by atoms with E-state index in [1.807, 2.05) is 5.32 Å². The van der Waals surface area contributed by atoms with Crippen molar-refractivity contribution in [3.63, 3.8) is 0 Å². The van der Waals surface area contributed by atoms with Gasteiger partial charge in [0.15, 0.2) is 5.54 Å². The third-order valence-electron chi connectivity index (χ3n) is 4.10. The number of amides is 3. The first-order valence-electron chi connectivity index (χ1n) is 7.62. The molecular weight excluding hydrogens is 406 g/mol. The minimum absolute atomic E-state index is 0.0440. The highest BCUT2D eigenvalue weighted by molar-refractivity contribution is 6.31. The van der Waals surface area contributed by atoms with Crippen molar-refractivity contribution in [2.45, 2.75) is 11.7 Å². The number of alkyl halides is 3. The van der Waals surface area contributed by atoms with Crippen molar-refractivity contribution in [3.05, 3.63) is 63.6 Å². The highest BCUT2D eigenvalue weighted by atomic mass is 35.5. The Kier molecular flexibility index (Phi) is 4.96. The van der Waals surface area contributed by atoms with E-state index in [9.17, 15) is 22.8 Å². The molecule has 1 unspecified atom stereocenters. The Morgan fingerprint density at radius 2 is 1.81 bits per heavy atom. The Morgan fingerprint density at radius 3 is 2.48 bits per heavy atom. The Labute approximate surface area is 161 Å². The van der Waals surface area contributed by atoms with E-state index in [0.717, 1.165) is 6.07 Å². The molecule has 2 aromatic rings. The molecule has 1 aliphatic rings. The zero-order chi connectivity index (χ0) is 19.8. The Hall–Kier alpha value is -2.45. The molecule has 3 N–H and O–H groups in total. The Morgan fingerprint density at radius 1 is 1.11 bits per heavy atom. The van der Waals surface area contributed by atoms with Crippen LogP contribution in [0.1, 0.15) is 15.9 Å². The standard InChI is InChI=1S/C17H12Cl2F3N3O2/c18-10-3-1-2-9(6-10)14(26)23-8-16(17(20,21)22)12-7-11(19)4-5-13(12)24-15(27)25-16/h1-7H,8H2,(H,23,26)(H2,24,25,27). The van der Waals surface area contributed by atoms with E-state index in [0.29, 0.717) is 0 Å². The summed E-state index contributed by atoms with van der Waals surface area (Å²) in [7, 11) is 0. The number of urea groups is 1. The fraction of sp³-hybridized carbons (Fsp3) is 0.176. The van der Waals surface area contributed by atoms with Crippen molar-refractivity contribution in [3.8, 4) is 0 Å². The lowest BCUT2D eigenvalue weighted by molar-refractivity contribution is -0.195. The molecule has 0 aromatic heterocycles. The van der Waals surface area contributed by atoms with Crippen LogP contribution < -0.4 is 16.0 Å². The minimum atomic E-state index is -4.91. The van der Waals surface area contributed by atoms with Gasteiger partial charge in [0.1, 0.15) is 0 Å². The molecule has 3 amide bonds. The maximum absolute atomic E-state index is 14.0. The average Bonchev–Trinajstić information content (AvgIpc) is 2.58. The molecule has 1 heterocycles. The molecule has 27 heavy (non-hydrogen) atoms. The number of carbonyl (C=O) groups excluding carboxylic acids is 2. The third kappa shape index (κ3) is 3.68. The van der Waals surface area contributed by atoms with Crippen LogP contribution in [0.5, 0.6) is 0 Å². The fourth-order valence-electron chi connectivity index (χ4n) is 2.80. The maximum Gasteiger partial charge on any atom is 0.417 e. The minimum Gasteiger partial charge on any atom is -0.349 e. The van der Waals surface area contributed by atoms with Crippen LogP contribution >= 0.6 is 23.2 Å². The van der Waals surface area contributed by atoms with Gasteiger partial charge in [-0.15, -0.1) is 0 Å². The van der Waals surface area contributed by atoms with Gasteiger partial charge >= 0.3 is 12.2 Å². The van der Waals surface area contributed by atoms with E-state index in [1.54, 1.807) is 0 Å². The van der Waals surface area contributed by atoms with Crippen LogP contribution in [0.3, 0.4) is 0 Å². The van der Waals surface area contributed by atoms with Gasteiger partial charge in [-0.1, -0.05) is 29.3 Å². The number of nitrogens with one attached hydrogen (secondary N) is 3. The van der Waals surface area contributed by atoms with Crippen molar-refractivity contribution in [2.24, 2.45) is 0 Å². The van der Waals surface area contributed by atoms with Crippen molar-refractivity contribution in [1.29, 1.82) is 0 Å². The molecule has 2 aromatic carbocycles. The summed E-state index contributed by atoms with van der Waals surface area (Å²) >= 11 is 11.7. The molecule has 10 heteroatoms. The van der Waals surface area contributed by atoms with Gasteiger partial charge in [0.2, 0.25) is 0 Å². The maximum atomic E-state index is 14.0. The van der Waals surface area contributed by atoms with Crippen molar-refractivity contribution < 1.29 is 22.8 Å². The van der Waals surface area contributed by atoms with Crippen molar-refractivity contribution in [2.75, 3.05) is 11.9 Å². The van der Waals surface area contributed by atoms with Crippen LogP contribution in [-0.4, -0.2) is 24.7 Å². The van der Waals surface area contributed by atoms with E-state index in [1.165, 1.54) is 36.4 Å². The van der Waals surface area contributed by atoms with E-state index >= 15 is 0 Å². The van der Waals surface area contributed by atoms with Gasteiger partial charge in [-0.25, -0.2) is 4.79 Å². The second kappa shape index (κ2) is 6.94. The molecule has 1 aliphatic heterocycles. The molecule has 142 valence electrons. The lowest BCUT2D eigenvalue weighted by Crippen LogP contribution is -2.64. The van der Waals surface area contributed by atoms with E-state index in [4.69, 9.17) is 23.2 Å². The van der Waals surface area contributed by atoms with Gasteiger partial charge in [-0.2, -0.15) is 13.2 Å². The van der Waals surface area contributed by atoms with Gasteiger partial charge < -0.3 is 16.0 Å². The van der Waals surface area contributed by atoms with Gasteiger partial charge in [0.05, 0.1) is 6.54 Å². The number of hydrogen-bond acceptors (Lipinski definition) is 2. The lowest BCUT2D eigenvalue weighted by Gasteiger charge is -2.41. The SMILES string of the molecule is O=C1Nc2ccc(Cl)cc2C(CNC(=O)c2cccc(Cl)c2)(C(F)(F)F)N1. The van der Waals surface area contributed by atoms with Crippen molar-refractivity contribution >= 4 is 40.8 Å². The van der Waals surface area contributed by atoms with Gasteiger partial charge in [-0.3, -0.25) is 4.79 Å². The predicted octanol–water partition coefficient (Wildman–Crippen LogP) is 4.32. The third-order valence-corrected chi connectivity index (χ3v) is 4.57. The van der Waals surface area contributed by atoms with Crippen LogP contribution in [-0.2, 0) is 5.54 Å². The molecule has 0 radical (unpaired) electrons. The molecule has 3 rings (SSSR count). The van der Waals surface area contributed by atoms with Gasteiger partial charge in [-0.05, 0) is 36.4 Å². The number of rotatable bonds is 3. The number of halogens is 5. The Balaban J connectivity index is 1.99. The summed E-state index contributed by atoms with van der Waals surface area (Å²) in [6.07, 6.45) is -4.91. The second-order valence-corrected chi connectivity index (χ2v) is 6.74. The average molecular weight is 418 g/mol. The van der Waals surface area contributed by atoms with Crippen LogP contribution in [0.2, 0.25) is 10.0 Å². The van der Waals surface area contributed by atoms with Crippen molar-refractivity contribution in [1.82, 2.24) is 10.6 Å². The molecule has 1 atom stereocenters. The highest BCUT2D eigenvalue weighted by Crippen LogP contribution is 2.44. The van der Waals surface area contributed by atoms with Crippen LogP contribution in [0, 0.1) is 0 Å². The van der Waals surface area contributed by atoms with Crippen LogP contribution in [0.25, 0.3) is 0 Å². The zero-order valence-electron chi connectivity index (χ0n) is 13.5. The second-order valence-electron chi connectivity index (χ2n) is 5.87. The fourth-order valence-corrected chi connectivity index (χ4v) is 3.16. The summed E-state index contributed by atoms with van der Waals surface area (Å²) in [6, 6.07) is 8.45. The summed E-state index contributed by atoms with van der Waals surface area (Å²) in [6.45, 7) is -0.928. The predicted molar refractivity (Wildman–Crippen MR) is 95.1 cm³/mol. The first-order chi connectivity index (χ1) is 12.6. The topological polar surface area (TPSA) is 70.2 Å². The number of hydrogen-bond donors (Lipinski definition) is 3. The lowest BCUT2D eigenvalue weighted by atomic mass is 9.86. The Bertz CT molecular complexity index is 921. The monoisotopic (exact) mass is 417 g/mol. The normalized spacial score (nSPS) is 18.9. The van der Waals surface area contributed by atoms with E-state index in [-0.39, 0.29) is 26.9 Å². The molecule has 0 saturated heterocycles. The molecule has 0 aliphatic carbocycles. The summed E-state index contributed by atoms with van der Waals surface area (Å²) in [5, 5.41) is 6.74. The number of anilines is 1.